The van der Waals surface area contributed by atoms with E-state index >= 15 is 0 Å². The first-order valence-electron chi connectivity index (χ1n) is 10.9. The molecule has 0 spiro atoms. The summed E-state index contributed by atoms with van der Waals surface area (Å²) in [7, 11) is 0. The Hall–Kier alpha value is -0.520. The quantitative estimate of drug-likeness (QED) is 0.451. The lowest BCUT2D eigenvalue weighted by molar-refractivity contribution is 0.0466. The van der Waals surface area contributed by atoms with Gasteiger partial charge < -0.3 is 0 Å². The van der Waals surface area contributed by atoms with E-state index in [0.29, 0.717) is 0 Å². The first-order chi connectivity index (χ1) is 11.7. The Balaban J connectivity index is 2.27. The Labute approximate surface area is 152 Å². The van der Waals surface area contributed by atoms with Crippen molar-refractivity contribution < 1.29 is 0 Å². The van der Waals surface area contributed by atoms with Gasteiger partial charge in [0.25, 0.3) is 0 Å². The van der Waals surface area contributed by atoms with E-state index in [1.165, 1.54) is 64.2 Å². The summed E-state index contributed by atoms with van der Waals surface area (Å²) in [5.41, 5.74) is 0. The maximum atomic E-state index is 2.57. The first kappa shape index (κ1) is 19.8. The zero-order valence-electron chi connectivity index (χ0n) is 16.8. The van der Waals surface area contributed by atoms with Gasteiger partial charge in [-0.1, -0.05) is 70.3 Å². The highest BCUT2D eigenvalue weighted by atomic mass is 14.4. The molecule has 0 heterocycles. The zero-order valence-corrected chi connectivity index (χ0v) is 16.8. The van der Waals surface area contributed by atoms with Crippen molar-refractivity contribution in [2.45, 2.75) is 91.9 Å². The number of hydrogen-bond acceptors (Lipinski definition) is 0. The molecule has 0 aromatic carbocycles. The molecule has 2 aliphatic carbocycles. The zero-order chi connectivity index (χ0) is 17.4. The van der Waals surface area contributed by atoms with E-state index in [4.69, 9.17) is 0 Å². The predicted octanol–water partition coefficient (Wildman–Crippen LogP) is 7.80. The van der Waals surface area contributed by atoms with Crippen LogP contribution in [0.15, 0.2) is 24.3 Å². The van der Waals surface area contributed by atoms with Crippen molar-refractivity contribution in [2.24, 2.45) is 35.5 Å². The molecule has 0 amide bonds. The molecule has 0 aromatic heterocycles. The Morgan fingerprint density at radius 1 is 0.833 bits per heavy atom. The average molecular weight is 331 g/mol. The van der Waals surface area contributed by atoms with Crippen LogP contribution in [0.25, 0.3) is 0 Å². The largest absolute Gasteiger partial charge is 0.0917 e. The van der Waals surface area contributed by atoms with Gasteiger partial charge in [-0.05, 0) is 81.5 Å². The van der Waals surface area contributed by atoms with Crippen LogP contribution < -0.4 is 0 Å². The maximum absolute atomic E-state index is 2.57. The maximum Gasteiger partial charge on any atom is -0.0317 e. The molecule has 2 fully saturated rings. The minimum atomic E-state index is 0.854. The lowest BCUT2D eigenvalue weighted by Crippen LogP contribution is -2.37. The lowest BCUT2D eigenvalue weighted by Gasteiger charge is -2.46. The average Bonchev–Trinajstić information content (AvgIpc) is 2.55. The molecule has 0 radical (unpaired) electrons. The van der Waals surface area contributed by atoms with E-state index < -0.39 is 0 Å². The Kier molecular flexibility index (Phi) is 8.63. The predicted molar refractivity (Wildman–Crippen MR) is 108 cm³/mol. The van der Waals surface area contributed by atoms with Crippen molar-refractivity contribution >= 4 is 0 Å². The van der Waals surface area contributed by atoms with Crippen molar-refractivity contribution in [3.05, 3.63) is 24.3 Å². The van der Waals surface area contributed by atoms with Crippen LogP contribution in [0.5, 0.6) is 0 Å². The fraction of sp³-hybridized carbons (Fsp3) is 0.833. The standard InChI is InChI=1S/C24H42/c1-5-7-13-19(3)21-16-11-12-17-22-20(4)14-9-10-18-24(21)23(22)15-8-6-2/h5-8,19-24H,9-18H2,1-4H3. The van der Waals surface area contributed by atoms with E-state index in [1.807, 2.05) is 0 Å². The molecule has 2 aliphatic rings. The highest BCUT2D eigenvalue weighted by molar-refractivity contribution is 4.94. The molecule has 2 rings (SSSR count). The SMILES string of the molecule is CC=CCC(C)C1CCCCC2C(C)CCCCC1C2CC=CC. The van der Waals surface area contributed by atoms with Crippen LogP contribution in [0.4, 0.5) is 0 Å². The topological polar surface area (TPSA) is 0 Å². The molecule has 2 saturated carbocycles. The van der Waals surface area contributed by atoms with Crippen molar-refractivity contribution in [2.75, 3.05) is 0 Å². The van der Waals surface area contributed by atoms with Gasteiger partial charge in [0.2, 0.25) is 0 Å². The first-order valence-corrected chi connectivity index (χ1v) is 10.9. The molecule has 6 unspecified atom stereocenters. The second-order valence-corrected chi connectivity index (χ2v) is 8.79. The van der Waals surface area contributed by atoms with E-state index in [2.05, 4.69) is 52.0 Å². The highest BCUT2D eigenvalue weighted by Crippen LogP contribution is 2.48. The third-order valence-corrected chi connectivity index (χ3v) is 7.27. The second-order valence-electron chi connectivity index (χ2n) is 8.79. The lowest BCUT2D eigenvalue weighted by atomic mass is 9.60. The van der Waals surface area contributed by atoms with Gasteiger partial charge in [-0.2, -0.15) is 0 Å². The normalized spacial score (nSPS) is 36.9. The summed E-state index contributed by atoms with van der Waals surface area (Å²) in [5.74, 6) is 5.62. The third kappa shape index (κ3) is 5.24. The van der Waals surface area contributed by atoms with Gasteiger partial charge in [-0.3, -0.25) is 0 Å². The van der Waals surface area contributed by atoms with E-state index in [0.717, 1.165) is 35.5 Å². The Morgan fingerprint density at radius 2 is 1.46 bits per heavy atom. The van der Waals surface area contributed by atoms with Crippen molar-refractivity contribution in [1.29, 1.82) is 0 Å². The van der Waals surface area contributed by atoms with Crippen LogP contribution in [0.3, 0.4) is 0 Å². The van der Waals surface area contributed by atoms with E-state index in [1.54, 1.807) is 0 Å². The smallest absolute Gasteiger partial charge is 0.0317 e. The minimum absolute atomic E-state index is 0.854. The molecule has 0 N–H and O–H groups in total. The molecule has 2 bridgehead atoms. The molecule has 138 valence electrons. The van der Waals surface area contributed by atoms with Gasteiger partial charge in [0.05, 0.1) is 0 Å². The van der Waals surface area contributed by atoms with Gasteiger partial charge in [0.1, 0.15) is 0 Å². The molecule has 0 heteroatoms. The summed E-state index contributed by atoms with van der Waals surface area (Å²) in [5, 5.41) is 0. The van der Waals surface area contributed by atoms with Crippen LogP contribution in [0.2, 0.25) is 0 Å². The summed E-state index contributed by atoms with van der Waals surface area (Å²) in [6, 6.07) is 0. The summed E-state index contributed by atoms with van der Waals surface area (Å²) >= 11 is 0. The van der Waals surface area contributed by atoms with Gasteiger partial charge in [0.15, 0.2) is 0 Å². The van der Waals surface area contributed by atoms with Gasteiger partial charge in [-0.25, -0.2) is 0 Å². The number of allylic oxidation sites excluding steroid dienone is 4. The van der Waals surface area contributed by atoms with Gasteiger partial charge >= 0.3 is 0 Å². The van der Waals surface area contributed by atoms with E-state index in [-0.39, 0.29) is 0 Å². The third-order valence-electron chi connectivity index (χ3n) is 7.27. The number of fused-ring (bicyclic) bond motifs is 2. The monoisotopic (exact) mass is 330 g/mol. The summed E-state index contributed by atoms with van der Waals surface area (Å²) < 4.78 is 0. The van der Waals surface area contributed by atoms with Gasteiger partial charge in [0, 0.05) is 0 Å². The van der Waals surface area contributed by atoms with Gasteiger partial charge in [-0.15, -0.1) is 0 Å². The van der Waals surface area contributed by atoms with Crippen LogP contribution in [0.1, 0.15) is 91.9 Å². The molecule has 0 saturated heterocycles. The Bertz CT molecular complexity index is 391. The fourth-order valence-electron chi connectivity index (χ4n) is 5.89. The van der Waals surface area contributed by atoms with Crippen LogP contribution >= 0.6 is 0 Å². The molecule has 0 nitrogen and oxygen atoms in total. The fourth-order valence-corrected chi connectivity index (χ4v) is 5.89. The van der Waals surface area contributed by atoms with Crippen molar-refractivity contribution in [1.82, 2.24) is 0 Å². The molecule has 0 aliphatic heterocycles. The molecular formula is C24H42. The molecule has 0 aromatic rings. The second kappa shape index (κ2) is 10.5. The van der Waals surface area contributed by atoms with Crippen LogP contribution in [0, 0.1) is 35.5 Å². The molecule has 6 atom stereocenters. The molecular weight excluding hydrogens is 288 g/mol. The number of rotatable bonds is 5. The van der Waals surface area contributed by atoms with Crippen molar-refractivity contribution in [3.63, 3.8) is 0 Å². The Morgan fingerprint density at radius 3 is 2.17 bits per heavy atom. The summed E-state index contributed by atoms with van der Waals surface area (Å²) in [6.45, 7) is 9.48. The van der Waals surface area contributed by atoms with Crippen LogP contribution in [-0.4, -0.2) is 0 Å². The van der Waals surface area contributed by atoms with E-state index in [9.17, 15) is 0 Å². The highest BCUT2D eigenvalue weighted by Gasteiger charge is 2.39. The van der Waals surface area contributed by atoms with Crippen molar-refractivity contribution in [3.8, 4) is 0 Å². The summed E-state index contributed by atoms with van der Waals surface area (Å²) in [4.78, 5) is 0. The minimum Gasteiger partial charge on any atom is -0.0917 e. The molecule has 24 heavy (non-hydrogen) atoms. The number of hydrogen-bond donors (Lipinski definition) is 0. The van der Waals surface area contributed by atoms with Crippen LogP contribution in [-0.2, 0) is 0 Å². The summed E-state index contributed by atoms with van der Waals surface area (Å²) in [6.07, 6.45) is 23.9.